The van der Waals surface area contributed by atoms with Gasteiger partial charge in [0.05, 0.1) is 17.4 Å². The number of aromatic nitrogens is 2. The first-order valence-corrected chi connectivity index (χ1v) is 7.67. The molecule has 5 nitrogen and oxygen atoms in total. The van der Waals surface area contributed by atoms with Gasteiger partial charge in [-0.15, -0.1) is 0 Å². The number of nitrogens with zero attached hydrogens (tertiary/aromatic N) is 2. The van der Waals surface area contributed by atoms with Gasteiger partial charge < -0.3 is 14.6 Å². The van der Waals surface area contributed by atoms with E-state index in [-0.39, 0.29) is 18.3 Å². The number of carbonyl (C=O) groups is 1. The number of aryl methyl sites for hydroxylation is 1. The van der Waals surface area contributed by atoms with Gasteiger partial charge in [0.25, 0.3) is 5.91 Å². The summed E-state index contributed by atoms with van der Waals surface area (Å²) in [4.78, 5) is 16.1. The Morgan fingerprint density at radius 2 is 2.04 bits per heavy atom. The van der Waals surface area contributed by atoms with Gasteiger partial charge in [-0.1, -0.05) is 6.07 Å². The minimum Gasteiger partial charge on any atom is -0.484 e. The number of ether oxygens (including phenoxy) is 1. The number of benzene rings is 2. The maximum absolute atomic E-state index is 12.8. The molecule has 0 unspecified atom stereocenters. The maximum atomic E-state index is 12.8. The van der Waals surface area contributed by atoms with Crippen LogP contribution in [0.15, 0.2) is 48.8 Å². The molecule has 0 radical (unpaired) electrons. The van der Waals surface area contributed by atoms with Crippen LogP contribution in [0.4, 0.5) is 4.39 Å². The molecule has 0 saturated carbocycles. The molecular formula is C18H18FN3O2. The van der Waals surface area contributed by atoms with E-state index in [1.54, 1.807) is 6.33 Å². The van der Waals surface area contributed by atoms with Crippen LogP contribution >= 0.6 is 0 Å². The molecule has 0 atom stereocenters. The van der Waals surface area contributed by atoms with E-state index in [9.17, 15) is 9.18 Å². The molecule has 0 fully saturated rings. The van der Waals surface area contributed by atoms with Gasteiger partial charge in [-0.2, -0.15) is 0 Å². The average Bonchev–Trinajstić information content (AvgIpc) is 2.95. The predicted octanol–water partition coefficient (Wildman–Crippen LogP) is 2.45. The van der Waals surface area contributed by atoms with Gasteiger partial charge in [0.2, 0.25) is 0 Å². The topological polar surface area (TPSA) is 56.2 Å². The van der Waals surface area contributed by atoms with E-state index in [2.05, 4.69) is 10.3 Å². The Hall–Kier alpha value is -2.89. The molecule has 0 saturated heterocycles. The van der Waals surface area contributed by atoms with Crippen LogP contribution in [0.1, 0.15) is 5.56 Å². The highest BCUT2D eigenvalue weighted by Gasteiger charge is 2.04. The molecule has 124 valence electrons. The van der Waals surface area contributed by atoms with Crippen molar-refractivity contribution in [2.24, 2.45) is 7.05 Å². The largest absolute Gasteiger partial charge is 0.484 e. The van der Waals surface area contributed by atoms with Gasteiger partial charge in [-0.3, -0.25) is 4.79 Å². The van der Waals surface area contributed by atoms with E-state index < -0.39 is 0 Å². The summed E-state index contributed by atoms with van der Waals surface area (Å²) < 4.78 is 20.0. The Morgan fingerprint density at radius 1 is 1.25 bits per heavy atom. The molecule has 0 bridgehead atoms. The van der Waals surface area contributed by atoms with Crippen molar-refractivity contribution < 1.29 is 13.9 Å². The second-order valence-electron chi connectivity index (χ2n) is 5.52. The molecule has 1 heterocycles. The SMILES string of the molecule is Cn1cnc2cc(CCNC(=O)COc3ccc(F)cc3)ccc21. The second-order valence-corrected chi connectivity index (χ2v) is 5.52. The highest BCUT2D eigenvalue weighted by molar-refractivity contribution is 5.78. The minimum atomic E-state index is -0.336. The molecule has 3 rings (SSSR count). The summed E-state index contributed by atoms with van der Waals surface area (Å²) in [5.41, 5.74) is 3.14. The number of amides is 1. The van der Waals surface area contributed by atoms with Crippen LogP contribution in [0.3, 0.4) is 0 Å². The zero-order valence-electron chi connectivity index (χ0n) is 13.3. The Bertz CT molecular complexity index is 843. The summed E-state index contributed by atoms with van der Waals surface area (Å²) in [6.07, 6.45) is 2.50. The second kappa shape index (κ2) is 7.12. The molecule has 1 amide bonds. The first-order chi connectivity index (χ1) is 11.6. The number of rotatable bonds is 6. The van der Waals surface area contributed by atoms with E-state index in [4.69, 9.17) is 4.74 Å². The zero-order valence-corrected chi connectivity index (χ0v) is 13.3. The molecule has 0 spiro atoms. The van der Waals surface area contributed by atoms with Gasteiger partial charge in [-0.05, 0) is 48.4 Å². The van der Waals surface area contributed by atoms with Crippen LogP contribution < -0.4 is 10.1 Å². The van der Waals surface area contributed by atoms with Crippen LogP contribution in [-0.4, -0.2) is 28.6 Å². The number of carbonyl (C=O) groups excluding carboxylic acids is 1. The molecular weight excluding hydrogens is 309 g/mol. The van der Waals surface area contributed by atoms with E-state index in [0.717, 1.165) is 23.0 Å². The van der Waals surface area contributed by atoms with Gasteiger partial charge >= 0.3 is 0 Å². The van der Waals surface area contributed by atoms with Crippen LogP contribution in [0.2, 0.25) is 0 Å². The average molecular weight is 327 g/mol. The van der Waals surface area contributed by atoms with E-state index in [0.29, 0.717) is 12.3 Å². The number of imidazole rings is 1. The van der Waals surface area contributed by atoms with Crippen LogP contribution in [0, 0.1) is 5.82 Å². The van der Waals surface area contributed by atoms with Crippen LogP contribution in [-0.2, 0) is 18.3 Å². The van der Waals surface area contributed by atoms with Crippen molar-refractivity contribution in [3.63, 3.8) is 0 Å². The lowest BCUT2D eigenvalue weighted by molar-refractivity contribution is -0.123. The third-order valence-corrected chi connectivity index (χ3v) is 3.71. The van der Waals surface area contributed by atoms with Crippen molar-refractivity contribution in [2.45, 2.75) is 6.42 Å². The Labute approximate surface area is 139 Å². The number of hydrogen-bond acceptors (Lipinski definition) is 3. The van der Waals surface area contributed by atoms with E-state index in [1.165, 1.54) is 24.3 Å². The molecule has 24 heavy (non-hydrogen) atoms. The van der Waals surface area contributed by atoms with E-state index in [1.807, 2.05) is 29.8 Å². The minimum absolute atomic E-state index is 0.0924. The lowest BCUT2D eigenvalue weighted by atomic mass is 10.1. The third-order valence-electron chi connectivity index (χ3n) is 3.71. The Kier molecular flexibility index (Phi) is 4.74. The number of nitrogens with one attached hydrogen (secondary N) is 1. The molecule has 0 aliphatic heterocycles. The standard InChI is InChI=1S/C18H18FN3O2/c1-22-12-21-16-10-13(2-7-17(16)22)8-9-20-18(23)11-24-15-5-3-14(19)4-6-15/h2-7,10,12H,8-9,11H2,1H3,(H,20,23). The quantitative estimate of drug-likeness (QED) is 0.757. The molecule has 1 aromatic heterocycles. The Morgan fingerprint density at radius 3 is 2.83 bits per heavy atom. The first-order valence-electron chi connectivity index (χ1n) is 7.67. The van der Waals surface area contributed by atoms with Crippen molar-refractivity contribution in [2.75, 3.05) is 13.2 Å². The molecule has 1 N–H and O–H groups in total. The normalized spacial score (nSPS) is 10.8. The van der Waals surface area contributed by atoms with Crippen molar-refractivity contribution in [1.29, 1.82) is 0 Å². The van der Waals surface area contributed by atoms with Crippen molar-refractivity contribution in [3.05, 3.63) is 60.2 Å². The van der Waals surface area contributed by atoms with Crippen LogP contribution in [0.25, 0.3) is 11.0 Å². The Balaban J connectivity index is 1.44. The fourth-order valence-electron chi connectivity index (χ4n) is 2.41. The van der Waals surface area contributed by atoms with Crippen molar-refractivity contribution in [1.82, 2.24) is 14.9 Å². The highest BCUT2D eigenvalue weighted by atomic mass is 19.1. The van der Waals surface area contributed by atoms with Gasteiger partial charge in [0, 0.05) is 13.6 Å². The smallest absolute Gasteiger partial charge is 0.257 e. The van der Waals surface area contributed by atoms with Gasteiger partial charge in [-0.25, -0.2) is 9.37 Å². The summed E-state index contributed by atoms with van der Waals surface area (Å²) in [7, 11) is 1.95. The molecule has 2 aromatic carbocycles. The molecule has 0 aliphatic rings. The summed E-state index contributed by atoms with van der Waals surface area (Å²) >= 11 is 0. The van der Waals surface area contributed by atoms with Gasteiger partial charge in [0.15, 0.2) is 6.61 Å². The predicted molar refractivity (Wildman–Crippen MR) is 89.3 cm³/mol. The fourth-order valence-corrected chi connectivity index (χ4v) is 2.41. The summed E-state index contributed by atoms with van der Waals surface area (Å²) in [5.74, 6) is -0.0814. The summed E-state index contributed by atoms with van der Waals surface area (Å²) in [6, 6.07) is 11.6. The third kappa shape index (κ3) is 3.90. The van der Waals surface area contributed by atoms with Crippen molar-refractivity contribution >= 4 is 16.9 Å². The maximum Gasteiger partial charge on any atom is 0.257 e. The highest BCUT2D eigenvalue weighted by Crippen LogP contribution is 2.14. The fraction of sp³-hybridized carbons (Fsp3) is 0.222. The zero-order chi connectivity index (χ0) is 16.9. The lowest BCUT2D eigenvalue weighted by Gasteiger charge is -2.07. The monoisotopic (exact) mass is 327 g/mol. The number of halogens is 1. The number of fused-ring (bicyclic) bond motifs is 1. The number of hydrogen-bond donors (Lipinski definition) is 1. The molecule has 0 aliphatic carbocycles. The van der Waals surface area contributed by atoms with Gasteiger partial charge in [0.1, 0.15) is 11.6 Å². The van der Waals surface area contributed by atoms with Crippen molar-refractivity contribution in [3.8, 4) is 5.75 Å². The van der Waals surface area contributed by atoms with Crippen LogP contribution in [0.5, 0.6) is 5.75 Å². The van der Waals surface area contributed by atoms with E-state index >= 15 is 0 Å². The first kappa shape index (κ1) is 16.0. The molecule has 6 heteroatoms. The summed E-state index contributed by atoms with van der Waals surface area (Å²) in [6.45, 7) is 0.425. The molecule has 3 aromatic rings. The lowest BCUT2D eigenvalue weighted by Crippen LogP contribution is -2.30. The summed E-state index contributed by atoms with van der Waals surface area (Å²) in [5, 5.41) is 2.80.